The van der Waals surface area contributed by atoms with E-state index in [0.29, 0.717) is 24.3 Å². The number of rotatable bonds is 6. The van der Waals surface area contributed by atoms with Crippen LogP contribution >= 0.6 is 0 Å². The van der Waals surface area contributed by atoms with E-state index >= 15 is 0 Å². The third kappa shape index (κ3) is 4.86. The van der Waals surface area contributed by atoms with E-state index in [2.05, 4.69) is 10.6 Å². The van der Waals surface area contributed by atoms with Crippen LogP contribution in [-0.2, 0) is 16.1 Å². The molecule has 1 aliphatic heterocycles. The predicted octanol–water partition coefficient (Wildman–Crippen LogP) is 3.92. The van der Waals surface area contributed by atoms with Gasteiger partial charge in [-0.1, -0.05) is 60.2 Å². The lowest BCUT2D eigenvalue weighted by molar-refractivity contribution is -0.122. The Bertz CT molecular complexity index is 1140. The molecule has 3 aromatic carbocycles. The fourth-order valence-corrected chi connectivity index (χ4v) is 3.87. The van der Waals surface area contributed by atoms with Crippen molar-refractivity contribution in [2.24, 2.45) is 5.92 Å². The number of carbonyl (C=O) groups excluding carboxylic acids is 3. The van der Waals surface area contributed by atoms with Crippen molar-refractivity contribution in [1.82, 2.24) is 5.32 Å². The summed E-state index contributed by atoms with van der Waals surface area (Å²) in [5.74, 6) is -1.10. The first-order valence-electron chi connectivity index (χ1n) is 10.6. The first-order chi connectivity index (χ1) is 15.5. The third-order valence-corrected chi connectivity index (χ3v) is 5.53. The number of nitrogens with one attached hydrogen (secondary N) is 2. The predicted molar refractivity (Wildman–Crippen MR) is 124 cm³/mol. The SMILES string of the molecule is Cc1cccc(CNC(=O)c2ccccc2NC(=O)[C@H]2CC(=O)N(c3ccccc3)C2)c1. The standard InChI is InChI=1S/C26H25N3O3/c1-18-8-7-9-19(14-18)16-27-26(32)22-12-5-6-13-23(22)28-25(31)20-15-24(30)29(17-20)21-10-3-2-4-11-21/h2-14,20H,15-17H2,1H3,(H,27,32)(H,28,31)/t20-/m0/s1. The average Bonchev–Trinajstić information content (AvgIpc) is 3.20. The molecule has 0 saturated carbocycles. The van der Waals surface area contributed by atoms with Crippen molar-refractivity contribution in [3.8, 4) is 0 Å². The Hall–Kier alpha value is -3.93. The Morgan fingerprint density at radius 3 is 2.50 bits per heavy atom. The van der Waals surface area contributed by atoms with Crippen LogP contribution in [0.2, 0.25) is 0 Å². The number of carbonyl (C=O) groups is 3. The van der Waals surface area contributed by atoms with Gasteiger partial charge < -0.3 is 15.5 Å². The molecule has 1 saturated heterocycles. The third-order valence-electron chi connectivity index (χ3n) is 5.53. The van der Waals surface area contributed by atoms with E-state index in [1.165, 1.54) is 0 Å². The smallest absolute Gasteiger partial charge is 0.253 e. The maximum Gasteiger partial charge on any atom is 0.253 e. The minimum absolute atomic E-state index is 0.0828. The molecule has 2 N–H and O–H groups in total. The highest BCUT2D eigenvalue weighted by Crippen LogP contribution is 2.26. The van der Waals surface area contributed by atoms with E-state index in [-0.39, 0.29) is 24.1 Å². The Balaban J connectivity index is 1.42. The Morgan fingerprint density at radius 1 is 0.969 bits per heavy atom. The van der Waals surface area contributed by atoms with E-state index in [4.69, 9.17) is 0 Å². The van der Waals surface area contributed by atoms with E-state index in [9.17, 15) is 14.4 Å². The second-order valence-corrected chi connectivity index (χ2v) is 7.95. The summed E-state index contributed by atoms with van der Waals surface area (Å²) in [6.45, 7) is 2.71. The van der Waals surface area contributed by atoms with Crippen molar-refractivity contribution in [2.45, 2.75) is 19.9 Å². The maximum atomic E-state index is 12.9. The largest absolute Gasteiger partial charge is 0.348 e. The van der Waals surface area contributed by atoms with Gasteiger partial charge in [0.25, 0.3) is 5.91 Å². The number of benzene rings is 3. The monoisotopic (exact) mass is 427 g/mol. The van der Waals surface area contributed by atoms with Crippen LogP contribution in [0.15, 0.2) is 78.9 Å². The van der Waals surface area contributed by atoms with E-state index in [1.54, 1.807) is 29.2 Å². The molecular formula is C26H25N3O3. The summed E-state index contributed by atoms with van der Waals surface area (Å²) in [7, 11) is 0. The number of amides is 3. The van der Waals surface area contributed by atoms with Gasteiger partial charge in [-0.05, 0) is 36.8 Å². The molecule has 0 radical (unpaired) electrons. The summed E-state index contributed by atoms with van der Waals surface area (Å²) >= 11 is 0. The summed E-state index contributed by atoms with van der Waals surface area (Å²) in [6.07, 6.45) is 0.141. The average molecular weight is 428 g/mol. The lowest BCUT2D eigenvalue weighted by atomic mass is 10.1. The van der Waals surface area contributed by atoms with Gasteiger partial charge in [0, 0.05) is 25.2 Å². The number of nitrogens with zero attached hydrogens (tertiary/aromatic N) is 1. The fraction of sp³-hybridized carbons (Fsp3) is 0.192. The van der Waals surface area contributed by atoms with Gasteiger partial charge in [0.1, 0.15) is 0 Å². The number of hydrogen-bond donors (Lipinski definition) is 2. The number of hydrogen-bond acceptors (Lipinski definition) is 3. The van der Waals surface area contributed by atoms with Crippen LogP contribution in [-0.4, -0.2) is 24.3 Å². The highest BCUT2D eigenvalue weighted by Gasteiger charge is 2.35. The molecule has 6 heteroatoms. The van der Waals surface area contributed by atoms with Crippen LogP contribution in [0.3, 0.4) is 0 Å². The fourth-order valence-electron chi connectivity index (χ4n) is 3.87. The zero-order valence-corrected chi connectivity index (χ0v) is 17.9. The second-order valence-electron chi connectivity index (χ2n) is 7.95. The number of para-hydroxylation sites is 2. The van der Waals surface area contributed by atoms with Gasteiger partial charge in [-0.3, -0.25) is 14.4 Å². The molecule has 0 aromatic heterocycles. The van der Waals surface area contributed by atoms with Crippen molar-refractivity contribution in [2.75, 3.05) is 16.8 Å². The zero-order chi connectivity index (χ0) is 22.5. The van der Waals surface area contributed by atoms with Crippen molar-refractivity contribution >= 4 is 29.1 Å². The normalized spacial score (nSPS) is 15.5. The van der Waals surface area contributed by atoms with E-state index < -0.39 is 5.92 Å². The molecule has 1 fully saturated rings. The molecule has 0 spiro atoms. The van der Waals surface area contributed by atoms with Crippen LogP contribution < -0.4 is 15.5 Å². The quantitative estimate of drug-likeness (QED) is 0.626. The van der Waals surface area contributed by atoms with Crippen molar-refractivity contribution in [1.29, 1.82) is 0 Å². The Kier molecular flexibility index (Phi) is 6.31. The highest BCUT2D eigenvalue weighted by molar-refractivity contribution is 6.07. The molecule has 0 unspecified atom stereocenters. The van der Waals surface area contributed by atoms with Crippen LogP contribution in [0.4, 0.5) is 11.4 Å². The second kappa shape index (κ2) is 9.47. The molecule has 32 heavy (non-hydrogen) atoms. The summed E-state index contributed by atoms with van der Waals surface area (Å²) < 4.78 is 0. The Labute approximate surface area is 187 Å². The first kappa shape index (κ1) is 21.3. The molecule has 1 aliphatic rings. The highest BCUT2D eigenvalue weighted by atomic mass is 16.2. The topological polar surface area (TPSA) is 78.5 Å². The Morgan fingerprint density at radius 2 is 1.72 bits per heavy atom. The van der Waals surface area contributed by atoms with Gasteiger partial charge in [0.05, 0.1) is 17.2 Å². The summed E-state index contributed by atoms with van der Waals surface area (Å²) in [5.41, 5.74) is 3.73. The molecule has 6 nitrogen and oxygen atoms in total. The maximum absolute atomic E-state index is 12.9. The number of anilines is 2. The van der Waals surface area contributed by atoms with E-state index in [0.717, 1.165) is 16.8 Å². The number of aryl methyl sites for hydroxylation is 1. The van der Waals surface area contributed by atoms with Gasteiger partial charge in [-0.2, -0.15) is 0 Å². The molecule has 3 aromatic rings. The summed E-state index contributed by atoms with van der Waals surface area (Å²) in [5, 5.41) is 5.76. The van der Waals surface area contributed by atoms with Gasteiger partial charge in [-0.25, -0.2) is 0 Å². The minimum atomic E-state index is -0.480. The molecule has 3 amide bonds. The molecule has 0 bridgehead atoms. The van der Waals surface area contributed by atoms with Crippen LogP contribution in [0.5, 0.6) is 0 Å². The molecule has 1 atom stereocenters. The van der Waals surface area contributed by atoms with Gasteiger partial charge in [-0.15, -0.1) is 0 Å². The minimum Gasteiger partial charge on any atom is -0.348 e. The van der Waals surface area contributed by atoms with Crippen molar-refractivity contribution < 1.29 is 14.4 Å². The lowest BCUT2D eigenvalue weighted by Crippen LogP contribution is -2.29. The van der Waals surface area contributed by atoms with Crippen LogP contribution in [0, 0.1) is 12.8 Å². The molecule has 4 rings (SSSR count). The summed E-state index contributed by atoms with van der Waals surface area (Å²) in [6, 6.07) is 24.1. The first-order valence-corrected chi connectivity index (χ1v) is 10.6. The molecule has 162 valence electrons. The molecule has 1 heterocycles. The lowest BCUT2D eigenvalue weighted by Gasteiger charge is -2.17. The van der Waals surface area contributed by atoms with Crippen LogP contribution in [0.25, 0.3) is 0 Å². The van der Waals surface area contributed by atoms with Crippen LogP contribution in [0.1, 0.15) is 27.9 Å². The van der Waals surface area contributed by atoms with Gasteiger partial charge >= 0.3 is 0 Å². The zero-order valence-electron chi connectivity index (χ0n) is 17.9. The van der Waals surface area contributed by atoms with Crippen molar-refractivity contribution in [3.05, 3.63) is 95.6 Å². The van der Waals surface area contributed by atoms with Gasteiger partial charge in [0.2, 0.25) is 11.8 Å². The molecule has 0 aliphatic carbocycles. The summed E-state index contributed by atoms with van der Waals surface area (Å²) in [4.78, 5) is 39.8. The van der Waals surface area contributed by atoms with Crippen molar-refractivity contribution in [3.63, 3.8) is 0 Å². The molecular weight excluding hydrogens is 402 g/mol. The van der Waals surface area contributed by atoms with E-state index in [1.807, 2.05) is 61.5 Å². The van der Waals surface area contributed by atoms with Gasteiger partial charge in [0.15, 0.2) is 0 Å².